The second-order valence-electron chi connectivity index (χ2n) is 4.09. The molecule has 0 saturated heterocycles. The van der Waals surface area contributed by atoms with E-state index in [0.717, 1.165) is 11.8 Å². The van der Waals surface area contributed by atoms with Crippen molar-refractivity contribution in [1.82, 2.24) is 4.98 Å². The predicted octanol–water partition coefficient (Wildman–Crippen LogP) is 3.74. The molecule has 1 atom stereocenters. The van der Waals surface area contributed by atoms with E-state index >= 15 is 0 Å². The van der Waals surface area contributed by atoms with E-state index in [-0.39, 0.29) is 0 Å². The molecule has 13 heavy (non-hydrogen) atoms. The second-order valence-corrected chi connectivity index (χ2v) is 5.62. The molecule has 0 N–H and O–H groups in total. The van der Waals surface area contributed by atoms with Gasteiger partial charge in [0.05, 0.1) is 5.51 Å². The molecule has 1 rings (SSSR count). The second kappa shape index (κ2) is 4.56. The largest absolute Gasteiger partial charge is 0.253 e. The fourth-order valence-electron chi connectivity index (χ4n) is 1.13. The number of rotatable bonds is 4. The van der Waals surface area contributed by atoms with Crippen LogP contribution in [0.3, 0.4) is 0 Å². The zero-order chi connectivity index (χ0) is 9.90. The highest BCUT2D eigenvalue weighted by atomic mass is 79.9. The summed E-state index contributed by atoms with van der Waals surface area (Å²) < 4.78 is 0. The molecule has 0 saturated carbocycles. The summed E-state index contributed by atoms with van der Waals surface area (Å²) in [4.78, 5) is 5.49. The summed E-state index contributed by atoms with van der Waals surface area (Å²) in [5.74, 6) is 0.689. The Labute approximate surface area is 92.7 Å². The molecule has 0 bridgehead atoms. The maximum absolute atomic E-state index is 4.10. The molecule has 0 aromatic carbocycles. The number of thiazole rings is 1. The Kier molecular flexibility index (Phi) is 3.92. The summed E-state index contributed by atoms with van der Waals surface area (Å²) in [5, 5.41) is 1.05. The molecular weight excluding hydrogens is 246 g/mol. The van der Waals surface area contributed by atoms with E-state index in [1.165, 1.54) is 4.88 Å². The molecule has 74 valence electrons. The van der Waals surface area contributed by atoms with Gasteiger partial charge in [0.25, 0.3) is 0 Å². The average Bonchev–Trinajstić information content (AvgIpc) is 2.56. The van der Waals surface area contributed by atoms with Crippen LogP contribution in [-0.4, -0.2) is 10.3 Å². The third kappa shape index (κ3) is 2.78. The van der Waals surface area contributed by atoms with E-state index in [0.29, 0.717) is 11.3 Å². The van der Waals surface area contributed by atoms with Crippen molar-refractivity contribution >= 4 is 27.3 Å². The van der Waals surface area contributed by atoms with Crippen LogP contribution in [0.5, 0.6) is 0 Å². The van der Waals surface area contributed by atoms with Gasteiger partial charge in [-0.2, -0.15) is 0 Å². The standard InChI is InChI=1S/C10H16BrNS/c1-8(2)10(3,6-11)4-9-5-12-7-13-9/h5,7-8H,4,6H2,1-3H3. The fraction of sp³-hybridized carbons (Fsp3) is 0.700. The lowest BCUT2D eigenvalue weighted by Crippen LogP contribution is -2.27. The van der Waals surface area contributed by atoms with Gasteiger partial charge < -0.3 is 0 Å². The van der Waals surface area contributed by atoms with Crippen molar-refractivity contribution in [1.29, 1.82) is 0 Å². The van der Waals surface area contributed by atoms with E-state index in [4.69, 9.17) is 0 Å². The van der Waals surface area contributed by atoms with Gasteiger partial charge in [-0.25, -0.2) is 0 Å². The maximum Gasteiger partial charge on any atom is 0.0794 e. The van der Waals surface area contributed by atoms with E-state index < -0.39 is 0 Å². The summed E-state index contributed by atoms with van der Waals surface area (Å²) in [6.07, 6.45) is 3.11. The number of hydrogen-bond acceptors (Lipinski definition) is 2. The summed E-state index contributed by atoms with van der Waals surface area (Å²) in [6, 6.07) is 0. The first-order valence-corrected chi connectivity index (χ1v) is 6.52. The van der Waals surface area contributed by atoms with E-state index in [9.17, 15) is 0 Å². The number of halogens is 1. The van der Waals surface area contributed by atoms with Gasteiger partial charge in [0.15, 0.2) is 0 Å². The average molecular weight is 262 g/mol. The molecule has 3 heteroatoms. The van der Waals surface area contributed by atoms with Gasteiger partial charge in [0, 0.05) is 16.4 Å². The molecule has 1 heterocycles. The molecule has 0 aliphatic heterocycles. The summed E-state index contributed by atoms with van der Waals surface area (Å²) in [5.41, 5.74) is 2.26. The molecule has 0 radical (unpaired) electrons. The molecule has 1 unspecified atom stereocenters. The minimum absolute atomic E-state index is 0.354. The Morgan fingerprint density at radius 2 is 2.31 bits per heavy atom. The van der Waals surface area contributed by atoms with Crippen LogP contribution in [0.1, 0.15) is 25.6 Å². The van der Waals surface area contributed by atoms with Crippen molar-refractivity contribution in [3.8, 4) is 0 Å². The van der Waals surface area contributed by atoms with Gasteiger partial charge in [0.1, 0.15) is 0 Å². The maximum atomic E-state index is 4.10. The van der Waals surface area contributed by atoms with Crippen LogP contribution in [0.4, 0.5) is 0 Å². The Balaban J connectivity index is 2.69. The Bertz CT molecular complexity index is 245. The van der Waals surface area contributed by atoms with Crippen molar-refractivity contribution in [2.75, 3.05) is 5.33 Å². The van der Waals surface area contributed by atoms with Gasteiger partial charge in [-0.05, 0) is 17.8 Å². The third-order valence-electron chi connectivity index (χ3n) is 2.76. The first-order valence-electron chi connectivity index (χ1n) is 4.52. The van der Waals surface area contributed by atoms with E-state index in [1.54, 1.807) is 11.3 Å². The Morgan fingerprint density at radius 1 is 1.62 bits per heavy atom. The zero-order valence-electron chi connectivity index (χ0n) is 8.38. The summed E-state index contributed by atoms with van der Waals surface area (Å²) in [6.45, 7) is 6.89. The van der Waals surface area contributed by atoms with Crippen LogP contribution in [-0.2, 0) is 6.42 Å². The highest BCUT2D eigenvalue weighted by Gasteiger charge is 2.27. The quantitative estimate of drug-likeness (QED) is 0.753. The van der Waals surface area contributed by atoms with Crippen molar-refractivity contribution in [2.45, 2.75) is 27.2 Å². The number of alkyl halides is 1. The topological polar surface area (TPSA) is 12.9 Å². The Hall–Kier alpha value is 0.110. The molecular formula is C10H16BrNS. The molecule has 0 fully saturated rings. The summed E-state index contributed by atoms with van der Waals surface area (Å²) >= 11 is 5.35. The highest BCUT2D eigenvalue weighted by molar-refractivity contribution is 9.09. The number of nitrogens with zero attached hydrogens (tertiary/aromatic N) is 1. The van der Waals surface area contributed by atoms with Crippen molar-refractivity contribution < 1.29 is 0 Å². The fourth-order valence-corrected chi connectivity index (χ4v) is 2.77. The van der Waals surface area contributed by atoms with Gasteiger partial charge in [-0.15, -0.1) is 11.3 Å². The monoisotopic (exact) mass is 261 g/mol. The lowest BCUT2D eigenvalue weighted by molar-refractivity contribution is 0.259. The lowest BCUT2D eigenvalue weighted by atomic mass is 9.78. The minimum Gasteiger partial charge on any atom is -0.253 e. The zero-order valence-corrected chi connectivity index (χ0v) is 10.8. The first-order chi connectivity index (χ1) is 6.08. The molecule has 0 aliphatic rings. The van der Waals surface area contributed by atoms with Gasteiger partial charge in [-0.3, -0.25) is 4.98 Å². The third-order valence-corrected chi connectivity index (χ3v) is 4.82. The number of hydrogen-bond donors (Lipinski definition) is 0. The van der Waals surface area contributed by atoms with Gasteiger partial charge in [-0.1, -0.05) is 36.7 Å². The van der Waals surface area contributed by atoms with E-state index in [1.807, 2.05) is 11.7 Å². The van der Waals surface area contributed by atoms with Crippen LogP contribution >= 0.6 is 27.3 Å². The van der Waals surface area contributed by atoms with Crippen molar-refractivity contribution in [3.05, 3.63) is 16.6 Å². The van der Waals surface area contributed by atoms with E-state index in [2.05, 4.69) is 41.7 Å². The molecule has 1 aromatic rings. The lowest BCUT2D eigenvalue weighted by Gasteiger charge is -2.31. The van der Waals surface area contributed by atoms with Crippen LogP contribution < -0.4 is 0 Å². The van der Waals surface area contributed by atoms with Crippen LogP contribution in [0.2, 0.25) is 0 Å². The van der Waals surface area contributed by atoms with Crippen molar-refractivity contribution in [2.24, 2.45) is 11.3 Å². The van der Waals surface area contributed by atoms with Crippen LogP contribution in [0, 0.1) is 11.3 Å². The SMILES string of the molecule is CC(C)C(C)(CBr)Cc1cncs1. The molecule has 0 amide bonds. The first kappa shape index (κ1) is 11.2. The van der Waals surface area contributed by atoms with Crippen LogP contribution in [0.25, 0.3) is 0 Å². The molecule has 1 aromatic heterocycles. The number of aromatic nitrogens is 1. The minimum atomic E-state index is 0.354. The van der Waals surface area contributed by atoms with Gasteiger partial charge in [0.2, 0.25) is 0 Å². The Morgan fingerprint density at radius 3 is 2.69 bits per heavy atom. The van der Waals surface area contributed by atoms with Crippen molar-refractivity contribution in [3.63, 3.8) is 0 Å². The molecule has 0 spiro atoms. The smallest absolute Gasteiger partial charge is 0.0794 e. The molecule has 1 nitrogen and oxygen atoms in total. The highest BCUT2D eigenvalue weighted by Crippen LogP contribution is 2.33. The summed E-state index contributed by atoms with van der Waals surface area (Å²) in [7, 11) is 0. The predicted molar refractivity (Wildman–Crippen MR) is 62.6 cm³/mol. The van der Waals surface area contributed by atoms with Gasteiger partial charge >= 0.3 is 0 Å². The normalized spacial score (nSPS) is 16.1. The molecule has 0 aliphatic carbocycles. The van der Waals surface area contributed by atoms with Crippen LogP contribution in [0.15, 0.2) is 11.7 Å².